The van der Waals surface area contributed by atoms with Crippen LogP contribution in [0.2, 0.25) is 6.32 Å². The molecule has 1 aromatic rings. The minimum atomic E-state index is 0.310. The van der Waals surface area contributed by atoms with Crippen molar-refractivity contribution < 1.29 is 4.79 Å². The number of unbranched alkanes of at least 4 members (excludes halogenated alkanes) is 1. The number of Topliss-reactive ketones (excluding diaryl/α,β-unsaturated/α-hetero) is 1. The summed E-state index contributed by atoms with van der Waals surface area (Å²) in [4.78, 5) is 11.0. The van der Waals surface area contributed by atoms with Crippen LogP contribution >= 0.6 is 0 Å². The predicted molar refractivity (Wildman–Crippen MR) is 123 cm³/mol. The van der Waals surface area contributed by atoms with Gasteiger partial charge in [0, 0.05) is 6.42 Å². The zero-order valence-electron chi connectivity index (χ0n) is 18.6. The van der Waals surface area contributed by atoms with Crippen LogP contribution < -0.4 is 5.46 Å². The van der Waals surface area contributed by atoms with Crippen molar-refractivity contribution in [3.63, 3.8) is 0 Å². The van der Waals surface area contributed by atoms with Gasteiger partial charge in [0.2, 0.25) is 0 Å². The molecule has 0 amide bonds. The number of carbonyl (C=O) groups is 1. The third-order valence-electron chi connectivity index (χ3n) is 6.78. The van der Waals surface area contributed by atoms with Crippen LogP contribution in [-0.2, 0) is 4.79 Å². The molecule has 28 heavy (non-hydrogen) atoms. The van der Waals surface area contributed by atoms with E-state index >= 15 is 0 Å². The number of benzene rings is 1. The summed E-state index contributed by atoms with van der Waals surface area (Å²) in [6, 6.07) is 10.7. The number of ketones is 1. The lowest BCUT2D eigenvalue weighted by molar-refractivity contribution is -0.117. The third-order valence-corrected chi connectivity index (χ3v) is 6.78. The fraction of sp³-hybridized carbons (Fsp3) is 0.654. The van der Waals surface area contributed by atoms with E-state index < -0.39 is 0 Å². The average Bonchev–Trinajstić information content (AvgIpc) is 2.94. The molecule has 1 nitrogen and oxygen atoms in total. The van der Waals surface area contributed by atoms with Crippen molar-refractivity contribution in [1.29, 1.82) is 0 Å². The van der Waals surface area contributed by atoms with Gasteiger partial charge < -0.3 is 4.79 Å². The summed E-state index contributed by atoms with van der Waals surface area (Å²) >= 11 is 0. The maximum Gasteiger partial charge on any atom is 0.151 e. The molecular weight excluding hydrogens is 339 g/mol. The molecule has 1 aliphatic rings. The second-order valence-corrected chi connectivity index (χ2v) is 9.35. The average molecular weight is 379 g/mol. The van der Waals surface area contributed by atoms with Crippen molar-refractivity contribution in [2.75, 3.05) is 0 Å². The van der Waals surface area contributed by atoms with Crippen LogP contribution in [0.25, 0.3) is 0 Å². The Labute approximate surface area is 174 Å². The Balaban J connectivity index is 1.74. The van der Waals surface area contributed by atoms with Gasteiger partial charge in [-0.15, -0.1) is 0 Å². The normalized spacial score (nSPS) is 25.9. The van der Waals surface area contributed by atoms with Gasteiger partial charge in [-0.05, 0) is 62.7 Å². The highest BCUT2D eigenvalue weighted by atomic mass is 16.1. The largest absolute Gasteiger partial charge is 0.300 e. The number of hydrogen-bond acceptors (Lipinski definition) is 1. The molecule has 0 aliphatic heterocycles. The third kappa shape index (κ3) is 7.98. The monoisotopic (exact) mass is 379 g/mol. The molecule has 1 fully saturated rings. The van der Waals surface area contributed by atoms with Crippen molar-refractivity contribution in [2.45, 2.75) is 79.0 Å². The Bertz CT molecular complexity index is 594. The van der Waals surface area contributed by atoms with Crippen LogP contribution in [0.4, 0.5) is 0 Å². The molecule has 1 radical (unpaired) electrons. The zero-order valence-corrected chi connectivity index (χ0v) is 18.6. The molecule has 0 unspecified atom stereocenters. The molecule has 1 saturated carbocycles. The van der Waals surface area contributed by atoms with Crippen LogP contribution in [-0.4, -0.2) is 13.1 Å². The van der Waals surface area contributed by atoms with E-state index in [0.717, 1.165) is 48.9 Å². The lowest BCUT2D eigenvalue weighted by atomic mass is 9.63. The SMILES string of the molecule is CC(=O)CCC/C=C\C[C@@H]1[C@@H](CC[C@@H](C)C[B]c2ccccc2)[C@H](C)C[C@@H]1C. The van der Waals surface area contributed by atoms with E-state index in [-0.39, 0.29) is 0 Å². The molecule has 0 bridgehead atoms. The fourth-order valence-corrected chi connectivity index (χ4v) is 5.05. The van der Waals surface area contributed by atoms with Crippen LogP contribution in [0.15, 0.2) is 42.5 Å². The lowest BCUT2D eigenvalue weighted by Crippen LogP contribution is -2.18. The summed E-state index contributed by atoms with van der Waals surface area (Å²) in [5, 5.41) is 0. The topological polar surface area (TPSA) is 17.1 Å². The highest BCUT2D eigenvalue weighted by molar-refractivity contribution is 6.53. The quantitative estimate of drug-likeness (QED) is 0.231. The molecule has 5 atom stereocenters. The minimum absolute atomic E-state index is 0.310. The lowest BCUT2D eigenvalue weighted by Gasteiger charge is -2.25. The van der Waals surface area contributed by atoms with Gasteiger partial charge in [-0.1, -0.05) is 87.4 Å². The summed E-state index contributed by atoms with van der Waals surface area (Å²) in [5.74, 6) is 4.47. The van der Waals surface area contributed by atoms with Gasteiger partial charge >= 0.3 is 0 Å². The first kappa shape index (κ1) is 23.0. The Morgan fingerprint density at radius 2 is 1.86 bits per heavy atom. The molecule has 0 spiro atoms. The Hall–Kier alpha value is -1.31. The molecule has 1 aliphatic carbocycles. The first-order valence-corrected chi connectivity index (χ1v) is 11.5. The zero-order chi connectivity index (χ0) is 20.4. The van der Waals surface area contributed by atoms with Crippen molar-refractivity contribution in [2.24, 2.45) is 29.6 Å². The molecule has 2 rings (SSSR count). The summed E-state index contributed by atoms with van der Waals surface area (Å²) in [6.07, 6.45) is 14.0. The van der Waals surface area contributed by atoms with Gasteiger partial charge in [-0.3, -0.25) is 0 Å². The maximum atomic E-state index is 11.0. The Morgan fingerprint density at radius 1 is 1.14 bits per heavy atom. The Morgan fingerprint density at radius 3 is 2.57 bits per heavy atom. The Kier molecular flexibility index (Phi) is 10.1. The van der Waals surface area contributed by atoms with Gasteiger partial charge in [0.05, 0.1) is 0 Å². The number of carbonyl (C=O) groups excluding carboxylic acids is 1. The summed E-state index contributed by atoms with van der Waals surface area (Å²) in [6.45, 7) is 9.02. The number of hydrogen-bond donors (Lipinski definition) is 0. The predicted octanol–water partition coefficient (Wildman–Crippen LogP) is 6.46. The van der Waals surface area contributed by atoms with E-state index in [0.29, 0.717) is 5.78 Å². The number of allylic oxidation sites excluding steroid dienone is 2. The first-order chi connectivity index (χ1) is 13.5. The summed E-state index contributed by atoms with van der Waals surface area (Å²) in [7, 11) is 2.40. The van der Waals surface area contributed by atoms with E-state index in [2.05, 4.69) is 70.5 Å². The molecule has 0 saturated heterocycles. The molecule has 153 valence electrons. The highest BCUT2D eigenvalue weighted by Crippen LogP contribution is 2.46. The standard InChI is InChI=1S/C26H40BO/c1-20(19-27-24-13-9-7-10-14-24)16-17-26-22(3)18-21(2)25(26)15-11-6-5-8-12-23(4)28/h6-7,9-11,13-14,20-22,25-26H,5,8,12,15-19H2,1-4H3/b11-6-/t20-,21+,22-,25+,26+/m1/s1. The molecule has 0 N–H and O–H groups in total. The van der Waals surface area contributed by atoms with Gasteiger partial charge in [0.15, 0.2) is 7.28 Å². The maximum absolute atomic E-state index is 11.0. The van der Waals surface area contributed by atoms with E-state index in [4.69, 9.17) is 0 Å². The second kappa shape index (κ2) is 12.3. The molecule has 1 aromatic carbocycles. The molecule has 0 heterocycles. The molecule has 2 heteroatoms. The molecule has 0 aromatic heterocycles. The van der Waals surface area contributed by atoms with Crippen LogP contribution in [0.3, 0.4) is 0 Å². The number of rotatable bonds is 12. The second-order valence-electron chi connectivity index (χ2n) is 9.35. The van der Waals surface area contributed by atoms with E-state index in [1.807, 2.05) is 0 Å². The van der Waals surface area contributed by atoms with Gasteiger partial charge in [-0.2, -0.15) is 0 Å². The van der Waals surface area contributed by atoms with Crippen LogP contribution in [0, 0.1) is 29.6 Å². The van der Waals surface area contributed by atoms with Crippen molar-refractivity contribution >= 4 is 18.5 Å². The smallest absolute Gasteiger partial charge is 0.151 e. The van der Waals surface area contributed by atoms with E-state index in [9.17, 15) is 4.79 Å². The summed E-state index contributed by atoms with van der Waals surface area (Å²) in [5.41, 5.74) is 1.35. The summed E-state index contributed by atoms with van der Waals surface area (Å²) < 4.78 is 0. The highest BCUT2D eigenvalue weighted by Gasteiger charge is 2.37. The first-order valence-electron chi connectivity index (χ1n) is 11.5. The van der Waals surface area contributed by atoms with Crippen molar-refractivity contribution in [3.05, 3.63) is 42.5 Å². The van der Waals surface area contributed by atoms with E-state index in [1.165, 1.54) is 37.5 Å². The van der Waals surface area contributed by atoms with Crippen LogP contribution in [0.5, 0.6) is 0 Å². The van der Waals surface area contributed by atoms with Gasteiger partial charge in [0.25, 0.3) is 0 Å². The van der Waals surface area contributed by atoms with Crippen molar-refractivity contribution in [3.8, 4) is 0 Å². The van der Waals surface area contributed by atoms with Crippen molar-refractivity contribution in [1.82, 2.24) is 0 Å². The van der Waals surface area contributed by atoms with Crippen LogP contribution in [0.1, 0.15) is 72.6 Å². The fourth-order valence-electron chi connectivity index (χ4n) is 5.05. The minimum Gasteiger partial charge on any atom is -0.300 e. The van der Waals surface area contributed by atoms with Gasteiger partial charge in [-0.25, -0.2) is 0 Å². The van der Waals surface area contributed by atoms with Gasteiger partial charge in [0.1, 0.15) is 5.78 Å². The van der Waals surface area contributed by atoms with E-state index in [1.54, 1.807) is 6.92 Å². The molecular formula is C26H40BO.